The Labute approximate surface area is 158 Å². The third-order valence-electron chi connectivity index (χ3n) is 3.79. The predicted molar refractivity (Wildman–Crippen MR) is 108 cm³/mol. The molecule has 0 spiro atoms. The Morgan fingerprint density at radius 2 is 1.50 bits per heavy atom. The van der Waals surface area contributed by atoms with E-state index in [2.05, 4.69) is 29.4 Å². The second kappa shape index (κ2) is 9.68. The predicted octanol–water partition coefficient (Wildman–Crippen LogP) is 5.41. The van der Waals surface area contributed by atoms with Crippen molar-refractivity contribution in [3.63, 3.8) is 0 Å². The monoisotopic (exact) mass is 363 g/mol. The molecule has 132 valence electrons. The van der Waals surface area contributed by atoms with Crippen molar-refractivity contribution < 1.29 is 9.57 Å². The first kappa shape index (κ1) is 18.1. The lowest BCUT2D eigenvalue weighted by Crippen LogP contribution is -2.05. The van der Waals surface area contributed by atoms with Crippen molar-refractivity contribution in [3.05, 3.63) is 96.1 Å². The molecule has 0 radical (unpaired) electrons. The van der Waals surface area contributed by atoms with Crippen LogP contribution in [-0.4, -0.2) is 18.6 Å². The van der Waals surface area contributed by atoms with Gasteiger partial charge in [0.15, 0.2) is 0 Å². The molecule has 0 heterocycles. The Morgan fingerprint density at radius 1 is 0.846 bits per heavy atom. The van der Waals surface area contributed by atoms with Gasteiger partial charge < -0.3 is 9.57 Å². The van der Waals surface area contributed by atoms with E-state index in [-0.39, 0.29) is 0 Å². The zero-order chi connectivity index (χ0) is 18.0. The molecule has 3 aromatic carbocycles. The van der Waals surface area contributed by atoms with Gasteiger partial charge in [-0.1, -0.05) is 65.8 Å². The molecule has 4 heteroatoms. The fourth-order valence-electron chi connectivity index (χ4n) is 2.38. The van der Waals surface area contributed by atoms with Gasteiger partial charge >= 0.3 is 0 Å². The summed E-state index contributed by atoms with van der Waals surface area (Å²) in [6, 6.07) is 28.2. The minimum Gasteiger partial charge on any atom is -0.497 e. The Balaban J connectivity index is 1.67. The van der Waals surface area contributed by atoms with Crippen molar-refractivity contribution in [2.45, 2.75) is 11.5 Å². The number of ether oxygens (including phenoxy) is 1. The van der Waals surface area contributed by atoms with E-state index in [1.54, 1.807) is 18.9 Å². The van der Waals surface area contributed by atoms with Gasteiger partial charge in [-0.05, 0) is 29.8 Å². The van der Waals surface area contributed by atoms with E-state index < -0.39 is 0 Å². The lowest BCUT2D eigenvalue weighted by atomic mass is 10.1. The molecule has 3 rings (SSSR count). The summed E-state index contributed by atoms with van der Waals surface area (Å²) in [7, 11) is 1.67. The van der Waals surface area contributed by atoms with E-state index in [1.807, 2.05) is 60.7 Å². The topological polar surface area (TPSA) is 30.8 Å². The molecule has 0 saturated heterocycles. The van der Waals surface area contributed by atoms with Crippen molar-refractivity contribution in [2.24, 2.45) is 5.16 Å². The standard InChI is InChI=1S/C22H21NO2S/c1-24-20-12-14-21(15-13-20)26-17-22(19-10-6-3-7-11-19)23-25-16-18-8-4-2-5-9-18/h2-15H,16-17H2,1H3. The first-order valence-electron chi connectivity index (χ1n) is 8.40. The van der Waals surface area contributed by atoms with E-state index in [0.29, 0.717) is 6.61 Å². The number of hydrogen-bond donors (Lipinski definition) is 0. The van der Waals surface area contributed by atoms with Crippen LogP contribution in [-0.2, 0) is 11.4 Å². The normalized spacial score (nSPS) is 11.2. The molecular formula is C22H21NO2S. The van der Waals surface area contributed by atoms with Crippen LogP contribution in [0, 0.1) is 0 Å². The minimum absolute atomic E-state index is 0.463. The molecule has 26 heavy (non-hydrogen) atoms. The Bertz CT molecular complexity index is 818. The number of rotatable bonds is 8. The van der Waals surface area contributed by atoms with Crippen LogP contribution in [0.4, 0.5) is 0 Å². The fraction of sp³-hybridized carbons (Fsp3) is 0.136. The van der Waals surface area contributed by atoms with Crippen LogP contribution in [0.25, 0.3) is 0 Å². The van der Waals surface area contributed by atoms with Gasteiger partial charge in [-0.3, -0.25) is 0 Å². The molecular weight excluding hydrogens is 342 g/mol. The molecule has 0 aliphatic rings. The molecule has 0 bridgehead atoms. The van der Waals surface area contributed by atoms with Gasteiger partial charge in [0.25, 0.3) is 0 Å². The van der Waals surface area contributed by atoms with Crippen molar-refractivity contribution >= 4 is 17.5 Å². The number of nitrogens with zero attached hydrogens (tertiary/aromatic N) is 1. The summed E-state index contributed by atoms with van der Waals surface area (Å²) in [5, 5.41) is 4.41. The summed E-state index contributed by atoms with van der Waals surface area (Å²) in [6.45, 7) is 0.463. The molecule has 0 amide bonds. The maximum absolute atomic E-state index is 5.62. The van der Waals surface area contributed by atoms with Gasteiger partial charge in [-0.2, -0.15) is 0 Å². The molecule has 0 saturated carbocycles. The number of oxime groups is 1. The van der Waals surface area contributed by atoms with Crippen LogP contribution >= 0.6 is 11.8 Å². The number of methoxy groups -OCH3 is 1. The second-order valence-corrected chi connectivity index (χ2v) is 6.68. The van der Waals surface area contributed by atoms with Crippen LogP contribution in [0.5, 0.6) is 5.75 Å². The number of thioether (sulfide) groups is 1. The van der Waals surface area contributed by atoms with Crippen molar-refractivity contribution in [3.8, 4) is 5.75 Å². The second-order valence-electron chi connectivity index (χ2n) is 5.63. The fourth-order valence-corrected chi connectivity index (χ4v) is 3.23. The highest BCUT2D eigenvalue weighted by molar-refractivity contribution is 8.00. The SMILES string of the molecule is COc1ccc(SCC(=NOCc2ccccc2)c2ccccc2)cc1. The zero-order valence-corrected chi connectivity index (χ0v) is 15.5. The first-order valence-corrected chi connectivity index (χ1v) is 9.39. The highest BCUT2D eigenvalue weighted by Crippen LogP contribution is 2.22. The molecule has 3 aromatic rings. The summed E-state index contributed by atoms with van der Waals surface area (Å²) >= 11 is 1.72. The number of benzene rings is 3. The molecule has 0 unspecified atom stereocenters. The van der Waals surface area contributed by atoms with Crippen molar-refractivity contribution in [1.82, 2.24) is 0 Å². The molecule has 3 nitrogen and oxygen atoms in total. The van der Waals surface area contributed by atoms with E-state index in [0.717, 1.165) is 33.2 Å². The Hall–Kier alpha value is -2.72. The first-order chi connectivity index (χ1) is 12.8. The molecule has 0 aliphatic heterocycles. The quantitative estimate of drug-likeness (QED) is 0.305. The zero-order valence-electron chi connectivity index (χ0n) is 14.7. The lowest BCUT2D eigenvalue weighted by molar-refractivity contribution is 0.130. The maximum Gasteiger partial charge on any atom is 0.142 e. The van der Waals surface area contributed by atoms with E-state index in [9.17, 15) is 0 Å². The summed E-state index contributed by atoms with van der Waals surface area (Å²) in [5.41, 5.74) is 3.09. The van der Waals surface area contributed by atoms with Crippen LogP contribution in [0.3, 0.4) is 0 Å². The van der Waals surface area contributed by atoms with Crippen LogP contribution in [0.2, 0.25) is 0 Å². The van der Waals surface area contributed by atoms with Crippen molar-refractivity contribution in [1.29, 1.82) is 0 Å². The van der Waals surface area contributed by atoms with Gasteiger partial charge in [-0.15, -0.1) is 11.8 Å². The third kappa shape index (κ3) is 5.39. The average Bonchev–Trinajstić information content (AvgIpc) is 2.72. The molecule has 0 fully saturated rings. The summed E-state index contributed by atoms with van der Waals surface area (Å²) in [4.78, 5) is 6.78. The highest BCUT2D eigenvalue weighted by Gasteiger charge is 2.06. The number of hydrogen-bond acceptors (Lipinski definition) is 4. The van der Waals surface area contributed by atoms with Gasteiger partial charge in [-0.25, -0.2) is 0 Å². The molecule has 0 aliphatic carbocycles. The highest BCUT2D eigenvalue weighted by atomic mass is 32.2. The average molecular weight is 363 g/mol. The molecule has 0 aromatic heterocycles. The Morgan fingerprint density at radius 3 is 2.15 bits per heavy atom. The summed E-state index contributed by atoms with van der Waals surface area (Å²) < 4.78 is 5.21. The van der Waals surface area contributed by atoms with E-state index in [4.69, 9.17) is 9.57 Å². The molecule has 0 atom stereocenters. The van der Waals surface area contributed by atoms with Gasteiger partial charge in [0, 0.05) is 16.2 Å². The van der Waals surface area contributed by atoms with Gasteiger partial charge in [0.2, 0.25) is 0 Å². The maximum atomic E-state index is 5.62. The smallest absolute Gasteiger partial charge is 0.142 e. The van der Waals surface area contributed by atoms with Crippen molar-refractivity contribution in [2.75, 3.05) is 12.9 Å². The lowest BCUT2D eigenvalue weighted by Gasteiger charge is -2.08. The molecule has 0 N–H and O–H groups in total. The minimum atomic E-state index is 0.463. The van der Waals surface area contributed by atoms with Crippen LogP contribution < -0.4 is 4.74 Å². The van der Waals surface area contributed by atoms with E-state index >= 15 is 0 Å². The summed E-state index contributed by atoms with van der Waals surface area (Å²) in [5.74, 6) is 1.59. The van der Waals surface area contributed by atoms with Crippen LogP contribution in [0.1, 0.15) is 11.1 Å². The van der Waals surface area contributed by atoms with Crippen LogP contribution in [0.15, 0.2) is 95.0 Å². The van der Waals surface area contributed by atoms with Gasteiger partial charge in [0.05, 0.1) is 12.8 Å². The Kier molecular flexibility index (Phi) is 6.73. The van der Waals surface area contributed by atoms with Gasteiger partial charge in [0.1, 0.15) is 12.4 Å². The third-order valence-corrected chi connectivity index (χ3v) is 4.81. The summed E-state index contributed by atoms with van der Waals surface area (Å²) in [6.07, 6.45) is 0. The van der Waals surface area contributed by atoms with E-state index in [1.165, 1.54) is 0 Å². The largest absolute Gasteiger partial charge is 0.497 e.